The van der Waals surface area contributed by atoms with E-state index in [4.69, 9.17) is 11.6 Å². The largest absolute Gasteiger partial charge is 0.306 e. The summed E-state index contributed by atoms with van der Waals surface area (Å²) in [6.45, 7) is 5.11. The highest BCUT2D eigenvalue weighted by molar-refractivity contribution is 9.10. The van der Waals surface area contributed by atoms with Gasteiger partial charge in [0.1, 0.15) is 0 Å². The van der Waals surface area contributed by atoms with Gasteiger partial charge in [-0.3, -0.25) is 0 Å². The van der Waals surface area contributed by atoms with Crippen LogP contribution in [0, 0.1) is 6.92 Å². The maximum absolute atomic E-state index is 6.05. The van der Waals surface area contributed by atoms with Gasteiger partial charge in [0.2, 0.25) is 0 Å². The third kappa shape index (κ3) is 4.08. The number of benzene rings is 2. The van der Waals surface area contributed by atoms with Crippen LogP contribution in [0.5, 0.6) is 0 Å². The number of aryl methyl sites for hydroxylation is 1. The Balaban J connectivity index is 2.07. The number of hydrogen-bond donors (Lipinski definition) is 1. The topological polar surface area (TPSA) is 12.0 Å². The average Bonchev–Trinajstić information content (AvgIpc) is 2.45. The SMILES string of the molecule is CCC(NCc1cc(Cl)ccc1Br)c1ccc(C)cc1. The van der Waals surface area contributed by atoms with Crippen molar-refractivity contribution in [2.45, 2.75) is 32.9 Å². The number of halogens is 2. The zero-order valence-corrected chi connectivity index (χ0v) is 14.1. The maximum Gasteiger partial charge on any atom is 0.0410 e. The van der Waals surface area contributed by atoms with Crippen molar-refractivity contribution < 1.29 is 0 Å². The van der Waals surface area contributed by atoms with Gasteiger partial charge in [0.15, 0.2) is 0 Å². The second-order valence-corrected chi connectivity index (χ2v) is 6.28. The Hall–Kier alpha value is -0.830. The van der Waals surface area contributed by atoms with E-state index in [1.807, 2.05) is 18.2 Å². The zero-order chi connectivity index (χ0) is 14.5. The highest BCUT2D eigenvalue weighted by Gasteiger charge is 2.09. The zero-order valence-electron chi connectivity index (χ0n) is 11.8. The molecule has 1 nitrogen and oxygen atoms in total. The molecule has 2 aromatic carbocycles. The molecule has 0 radical (unpaired) electrons. The van der Waals surface area contributed by atoms with Crippen molar-refractivity contribution >= 4 is 27.5 Å². The molecule has 0 spiro atoms. The quantitative estimate of drug-likeness (QED) is 0.733. The highest BCUT2D eigenvalue weighted by atomic mass is 79.9. The van der Waals surface area contributed by atoms with E-state index in [1.54, 1.807) is 0 Å². The molecule has 1 unspecified atom stereocenters. The smallest absolute Gasteiger partial charge is 0.0410 e. The van der Waals surface area contributed by atoms with E-state index in [9.17, 15) is 0 Å². The van der Waals surface area contributed by atoms with Crippen LogP contribution in [0.15, 0.2) is 46.9 Å². The first-order valence-electron chi connectivity index (χ1n) is 6.84. The Kier molecular flexibility index (Phi) is 5.64. The van der Waals surface area contributed by atoms with Gasteiger partial charge in [0.05, 0.1) is 0 Å². The fraction of sp³-hybridized carbons (Fsp3) is 0.294. The third-order valence-corrected chi connectivity index (χ3v) is 4.44. The standard InChI is InChI=1S/C17H19BrClN/c1-3-17(13-6-4-12(2)5-7-13)20-11-14-10-15(19)8-9-16(14)18/h4-10,17,20H,3,11H2,1-2H3. The van der Waals surface area contributed by atoms with Crippen molar-refractivity contribution in [3.63, 3.8) is 0 Å². The molecule has 0 amide bonds. The Morgan fingerprint density at radius 1 is 1.15 bits per heavy atom. The van der Waals surface area contributed by atoms with Crippen LogP contribution in [0.4, 0.5) is 0 Å². The monoisotopic (exact) mass is 351 g/mol. The van der Waals surface area contributed by atoms with Crippen molar-refractivity contribution in [3.8, 4) is 0 Å². The first kappa shape index (κ1) is 15.6. The lowest BCUT2D eigenvalue weighted by Crippen LogP contribution is -2.20. The normalized spacial score (nSPS) is 12.4. The van der Waals surface area contributed by atoms with Gasteiger partial charge in [-0.15, -0.1) is 0 Å². The van der Waals surface area contributed by atoms with Crippen LogP contribution in [0.3, 0.4) is 0 Å². The van der Waals surface area contributed by atoms with E-state index in [1.165, 1.54) is 16.7 Å². The summed E-state index contributed by atoms with van der Waals surface area (Å²) in [6.07, 6.45) is 1.06. The molecule has 0 heterocycles. The van der Waals surface area contributed by atoms with Crippen LogP contribution in [0.25, 0.3) is 0 Å². The lowest BCUT2D eigenvalue weighted by molar-refractivity contribution is 0.518. The van der Waals surface area contributed by atoms with E-state index in [0.717, 1.165) is 22.5 Å². The third-order valence-electron chi connectivity index (χ3n) is 3.43. The first-order valence-corrected chi connectivity index (χ1v) is 8.01. The van der Waals surface area contributed by atoms with Crippen molar-refractivity contribution in [1.29, 1.82) is 0 Å². The Morgan fingerprint density at radius 3 is 2.50 bits per heavy atom. The second-order valence-electron chi connectivity index (χ2n) is 4.99. The minimum Gasteiger partial charge on any atom is -0.306 e. The van der Waals surface area contributed by atoms with Gasteiger partial charge >= 0.3 is 0 Å². The highest BCUT2D eigenvalue weighted by Crippen LogP contribution is 2.23. The van der Waals surface area contributed by atoms with E-state index < -0.39 is 0 Å². The predicted octanol–water partition coefficient (Wildman–Crippen LogP) is 5.65. The van der Waals surface area contributed by atoms with Crippen molar-refractivity contribution in [2.75, 3.05) is 0 Å². The molecule has 106 valence electrons. The summed E-state index contributed by atoms with van der Waals surface area (Å²) >= 11 is 9.62. The fourth-order valence-corrected chi connectivity index (χ4v) is 2.79. The van der Waals surface area contributed by atoms with Crippen LogP contribution in [-0.4, -0.2) is 0 Å². The summed E-state index contributed by atoms with van der Waals surface area (Å²) in [5.74, 6) is 0. The van der Waals surface area contributed by atoms with Gasteiger partial charge in [-0.1, -0.05) is 64.3 Å². The lowest BCUT2D eigenvalue weighted by atomic mass is 10.0. The number of rotatable bonds is 5. The van der Waals surface area contributed by atoms with Gasteiger partial charge in [-0.2, -0.15) is 0 Å². The predicted molar refractivity (Wildman–Crippen MR) is 90.2 cm³/mol. The summed E-state index contributed by atoms with van der Waals surface area (Å²) in [5, 5.41) is 4.37. The average molecular weight is 353 g/mol. The lowest BCUT2D eigenvalue weighted by Gasteiger charge is -2.18. The molecular formula is C17H19BrClN. The van der Waals surface area contributed by atoms with Crippen molar-refractivity contribution in [1.82, 2.24) is 5.32 Å². The molecule has 0 aromatic heterocycles. The van der Waals surface area contributed by atoms with Crippen LogP contribution in [0.2, 0.25) is 5.02 Å². The Labute approximate surface area is 134 Å². The molecule has 2 aromatic rings. The van der Waals surface area contributed by atoms with Crippen LogP contribution >= 0.6 is 27.5 Å². The van der Waals surface area contributed by atoms with Crippen LogP contribution in [-0.2, 0) is 6.54 Å². The molecule has 1 atom stereocenters. The van der Waals surface area contributed by atoms with Crippen LogP contribution < -0.4 is 5.32 Å². The molecule has 0 saturated heterocycles. The number of hydrogen-bond acceptors (Lipinski definition) is 1. The molecule has 0 aliphatic rings. The summed E-state index contributed by atoms with van der Waals surface area (Å²) in [6, 6.07) is 15.0. The Morgan fingerprint density at radius 2 is 1.85 bits per heavy atom. The van der Waals surface area contributed by atoms with Gasteiger partial charge in [0.25, 0.3) is 0 Å². The van der Waals surface area contributed by atoms with Crippen molar-refractivity contribution in [2.24, 2.45) is 0 Å². The second kappa shape index (κ2) is 7.26. The molecule has 20 heavy (non-hydrogen) atoms. The fourth-order valence-electron chi connectivity index (χ4n) is 2.21. The summed E-state index contributed by atoms with van der Waals surface area (Å²) < 4.78 is 1.09. The molecule has 0 fully saturated rings. The minimum absolute atomic E-state index is 0.362. The maximum atomic E-state index is 6.05. The molecule has 2 rings (SSSR count). The van der Waals surface area contributed by atoms with Gasteiger partial charge in [-0.05, 0) is 42.7 Å². The molecular weight excluding hydrogens is 334 g/mol. The molecule has 1 N–H and O–H groups in total. The molecule has 0 saturated carbocycles. The first-order chi connectivity index (χ1) is 9.60. The summed E-state index contributed by atoms with van der Waals surface area (Å²) in [7, 11) is 0. The molecule has 0 aliphatic carbocycles. The van der Waals surface area contributed by atoms with Crippen LogP contribution in [0.1, 0.15) is 36.1 Å². The minimum atomic E-state index is 0.362. The molecule has 0 aliphatic heterocycles. The summed E-state index contributed by atoms with van der Waals surface area (Å²) in [5.41, 5.74) is 3.81. The molecule has 0 bridgehead atoms. The van der Waals surface area contributed by atoms with E-state index >= 15 is 0 Å². The van der Waals surface area contributed by atoms with Crippen molar-refractivity contribution in [3.05, 3.63) is 68.7 Å². The molecule has 3 heteroatoms. The van der Waals surface area contributed by atoms with Gasteiger partial charge in [-0.25, -0.2) is 0 Å². The number of nitrogens with one attached hydrogen (secondary N) is 1. The van der Waals surface area contributed by atoms with E-state index in [-0.39, 0.29) is 0 Å². The van der Waals surface area contributed by atoms with Gasteiger partial charge < -0.3 is 5.32 Å². The summed E-state index contributed by atoms with van der Waals surface area (Å²) in [4.78, 5) is 0. The van der Waals surface area contributed by atoms with E-state index in [2.05, 4.69) is 59.4 Å². The van der Waals surface area contributed by atoms with E-state index in [0.29, 0.717) is 6.04 Å². The van der Waals surface area contributed by atoms with Gasteiger partial charge in [0, 0.05) is 22.1 Å². The Bertz CT molecular complexity index is 566.